The molecule has 20 heavy (non-hydrogen) atoms. The molecule has 1 unspecified atom stereocenters. The van der Waals surface area contributed by atoms with Crippen molar-refractivity contribution in [3.05, 3.63) is 0 Å². The highest BCUT2D eigenvalue weighted by Gasteiger charge is 2.43. The van der Waals surface area contributed by atoms with Crippen LogP contribution in [0.2, 0.25) is 0 Å². The summed E-state index contributed by atoms with van der Waals surface area (Å²) in [5.74, 6) is -0.0185. The van der Waals surface area contributed by atoms with Crippen molar-refractivity contribution in [2.75, 3.05) is 13.2 Å². The van der Waals surface area contributed by atoms with E-state index in [1.165, 1.54) is 0 Å². The predicted octanol–water partition coefficient (Wildman–Crippen LogP) is 1.71. The molecule has 116 valence electrons. The summed E-state index contributed by atoms with van der Waals surface area (Å²) in [6.07, 6.45) is 1.73. The SMILES string of the molecule is CCC1(CC)NC(=O)CC(C)N(CCOC(C)C)C1=O. The van der Waals surface area contributed by atoms with E-state index in [4.69, 9.17) is 4.74 Å². The summed E-state index contributed by atoms with van der Waals surface area (Å²) in [6.45, 7) is 10.8. The molecule has 5 heteroatoms. The minimum absolute atomic E-state index is 0.0215. The summed E-state index contributed by atoms with van der Waals surface area (Å²) in [6, 6.07) is -0.0850. The molecule has 1 heterocycles. The molecule has 5 nitrogen and oxygen atoms in total. The summed E-state index contributed by atoms with van der Waals surface area (Å²) in [7, 11) is 0. The first-order chi connectivity index (χ1) is 9.36. The van der Waals surface area contributed by atoms with E-state index in [-0.39, 0.29) is 24.0 Å². The lowest BCUT2D eigenvalue weighted by atomic mass is 9.91. The maximum Gasteiger partial charge on any atom is 0.248 e. The van der Waals surface area contributed by atoms with Crippen LogP contribution in [0.5, 0.6) is 0 Å². The number of carbonyl (C=O) groups excluding carboxylic acids is 2. The number of amides is 2. The molecule has 2 amide bonds. The lowest BCUT2D eigenvalue weighted by molar-refractivity contribution is -0.141. The highest BCUT2D eigenvalue weighted by Crippen LogP contribution is 2.24. The van der Waals surface area contributed by atoms with Crippen molar-refractivity contribution in [2.24, 2.45) is 0 Å². The fraction of sp³-hybridized carbons (Fsp3) is 0.867. The number of nitrogens with zero attached hydrogens (tertiary/aromatic N) is 1. The Morgan fingerprint density at radius 3 is 2.45 bits per heavy atom. The largest absolute Gasteiger partial charge is 0.377 e. The van der Waals surface area contributed by atoms with Crippen LogP contribution in [0.3, 0.4) is 0 Å². The third kappa shape index (κ3) is 3.72. The summed E-state index contributed by atoms with van der Waals surface area (Å²) >= 11 is 0. The molecular weight excluding hydrogens is 256 g/mol. The van der Waals surface area contributed by atoms with Crippen LogP contribution in [0, 0.1) is 0 Å². The molecule has 0 bridgehead atoms. The monoisotopic (exact) mass is 284 g/mol. The molecule has 0 spiro atoms. The Labute approximate surface area is 122 Å². The molecule has 1 aliphatic heterocycles. The Morgan fingerprint density at radius 2 is 1.95 bits per heavy atom. The van der Waals surface area contributed by atoms with Gasteiger partial charge in [-0.15, -0.1) is 0 Å². The van der Waals surface area contributed by atoms with Crippen LogP contribution in [0.15, 0.2) is 0 Å². The van der Waals surface area contributed by atoms with Crippen molar-refractivity contribution in [3.8, 4) is 0 Å². The first kappa shape index (κ1) is 17.0. The smallest absolute Gasteiger partial charge is 0.248 e. The number of hydrogen-bond donors (Lipinski definition) is 1. The number of carbonyl (C=O) groups is 2. The maximum atomic E-state index is 12.8. The molecular formula is C15H28N2O3. The number of ether oxygens (including phenoxy) is 1. The Hall–Kier alpha value is -1.10. The highest BCUT2D eigenvalue weighted by atomic mass is 16.5. The van der Waals surface area contributed by atoms with Gasteiger partial charge in [-0.05, 0) is 33.6 Å². The van der Waals surface area contributed by atoms with Gasteiger partial charge in [-0.3, -0.25) is 9.59 Å². The van der Waals surface area contributed by atoms with Gasteiger partial charge in [0.15, 0.2) is 0 Å². The predicted molar refractivity (Wildman–Crippen MR) is 78.3 cm³/mol. The topological polar surface area (TPSA) is 58.6 Å². The van der Waals surface area contributed by atoms with Crippen molar-refractivity contribution in [2.45, 2.75) is 71.6 Å². The van der Waals surface area contributed by atoms with E-state index < -0.39 is 5.54 Å². The van der Waals surface area contributed by atoms with E-state index in [1.54, 1.807) is 4.90 Å². The Bertz CT molecular complexity index is 351. The zero-order chi connectivity index (χ0) is 15.3. The van der Waals surface area contributed by atoms with Gasteiger partial charge in [0.2, 0.25) is 11.8 Å². The van der Waals surface area contributed by atoms with Crippen molar-refractivity contribution in [1.82, 2.24) is 10.2 Å². The third-order valence-electron chi connectivity index (χ3n) is 4.05. The average molecular weight is 284 g/mol. The van der Waals surface area contributed by atoms with Gasteiger partial charge < -0.3 is 15.0 Å². The quantitative estimate of drug-likeness (QED) is 0.808. The van der Waals surface area contributed by atoms with Gasteiger partial charge in [0, 0.05) is 19.0 Å². The van der Waals surface area contributed by atoms with Gasteiger partial charge in [-0.25, -0.2) is 0 Å². The number of nitrogens with one attached hydrogen (secondary N) is 1. The fourth-order valence-electron chi connectivity index (χ4n) is 2.66. The second-order valence-electron chi connectivity index (χ2n) is 5.81. The fourth-order valence-corrected chi connectivity index (χ4v) is 2.66. The molecule has 1 saturated heterocycles. The van der Waals surface area contributed by atoms with Crippen LogP contribution in [-0.2, 0) is 14.3 Å². The van der Waals surface area contributed by atoms with E-state index >= 15 is 0 Å². The third-order valence-corrected chi connectivity index (χ3v) is 4.05. The second-order valence-corrected chi connectivity index (χ2v) is 5.81. The van der Waals surface area contributed by atoms with Gasteiger partial charge in [0.05, 0.1) is 12.7 Å². The molecule has 0 aromatic carbocycles. The van der Waals surface area contributed by atoms with E-state index in [0.29, 0.717) is 32.4 Å². The van der Waals surface area contributed by atoms with E-state index in [2.05, 4.69) is 5.32 Å². The zero-order valence-electron chi connectivity index (χ0n) is 13.4. The Balaban J connectivity index is 2.89. The van der Waals surface area contributed by atoms with E-state index in [9.17, 15) is 9.59 Å². The molecule has 1 fully saturated rings. The summed E-state index contributed by atoms with van der Waals surface area (Å²) in [5.41, 5.74) is -0.750. The standard InChI is InChI=1S/C15H28N2O3/c1-6-15(7-2)14(19)17(8-9-20-11(3)4)12(5)10-13(18)16-15/h11-12H,6-10H2,1-5H3,(H,16,18). The molecule has 1 atom stereocenters. The van der Waals surface area contributed by atoms with Gasteiger partial charge in [0.25, 0.3) is 0 Å². The first-order valence-electron chi connectivity index (χ1n) is 7.60. The number of rotatable bonds is 6. The maximum absolute atomic E-state index is 12.8. The average Bonchev–Trinajstić information content (AvgIpc) is 2.47. The normalized spacial score (nSPS) is 22.9. The minimum atomic E-state index is -0.750. The van der Waals surface area contributed by atoms with Gasteiger partial charge in [-0.1, -0.05) is 13.8 Å². The number of hydrogen-bond acceptors (Lipinski definition) is 3. The first-order valence-corrected chi connectivity index (χ1v) is 7.60. The summed E-state index contributed by atoms with van der Waals surface area (Å²) in [5, 5.41) is 2.93. The molecule has 0 saturated carbocycles. The van der Waals surface area contributed by atoms with Gasteiger partial charge >= 0.3 is 0 Å². The van der Waals surface area contributed by atoms with Crippen LogP contribution < -0.4 is 5.32 Å². The van der Waals surface area contributed by atoms with Gasteiger partial charge in [0.1, 0.15) is 5.54 Å². The molecule has 1 rings (SSSR count). The molecule has 1 N–H and O–H groups in total. The lowest BCUT2D eigenvalue weighted by Crippen LogP contribution is -2.57. The molecule has 0 radical (unpaired) electrons. The van der Waals surface area contributed by atoms with Crippen molar-refractivity contribution < 1.29 is 14.3 Å². The van der Waals surface area contributed by atoms with Gasteiger partial charge in [-0.2, -0.15) is 0 Å². The molecule has 0 aliphatic carbocycles. The van der Waals surface area contributed by atoms with Crippen LogP contribution in [0.25, 0.3) is 0 Å². The highest BCUT2D eigenvalue weighted by molar-refractivity contribution is 5.93. The minimum Gasteiger partial charge on any atom is -0.377 e. The molecule has 1 aliphatic rings. The van der Waals surface area contributed by atoms with E-state index in [1.807, 2.05) is 34.6 Å². The lowest BCUT2D eigenvalue weighted by Gasteiger charge is -2.35. The Morgan fingerprint density at radius 1 is 1.35 bits per heavy atom. The van der Waals surface area contributed by atoms with Crippen LogP contribution in [0.4, 0.5) is 0 Å². The van der Waals surface area contributed by atoms with Crippen LogP contribution in [-0.4, -0.2) is 47.6 Å². The van der Waals surface area contributed by atoms with Crippen LogP contribution in [0.1, 0.15) is 53.9 Å². The zero-order valence-corrected chi connectivity index (χ0v) is 13.4. The summed E-state index contributed by atoms with van der Waals surface area (Å²) < 4.78 is 5.55. The van der Waals surface area contributed by atoms with Crippen molar-refractivity contribution in [3.63, 3.8) is 0 Å². The van der Waals surface area contributed by atoms with Crippen LogP contribution >= 0.6 is 0 Å². The van der Waals surface area contributed by atoms with Crippen molar-refractivity contribution in [1.29, 1.82) is 0 Å². The van der Waals surface area contributed by atoms with E-state index in [0.717, 1.165) is 0 Å². The Kier molecular flexibility index (Phi) is 5.99. The molecule has 0 aromatic rings. The molecule has 0 aromatic heterocycles. The van der Waals surface area contributed by atoms with Crippen molar-refractivity contribution >= 4 is 11.8 Å². The second kappa shape index (κ2) is 7.07. The summed E-state index contributed by atoms with van der Waals surface area (Å²) in [4.78, 5) is 26.6.